The summed E-state index contributed by atoms with van der Waals surface area (Å²) >= 11 is 0. The number of hydrogen-bond donors (Lipinski definition) is 2. The molecule has 0 aromatic heterocycles. The number of ether oxygens (including phenoxy) is 1. The number of fused-ring (bicyclic) bond motifs is 1. The molecule has 1 saturated heterocycles. The van der Waals surface area contributed by atoms with Crippen LogP contribution in [0.3, 0.4) is 0 Å². The summed E-state index contributed by atoms with van der Waals surface area (Å²) in [5, 5.41) is 12.5. The molecule has 2 aliphatic rings. The number of rotatable bonds is 1. The second kappa shape index (κ2) is 6.16. The van der Waals surface area contributed by atoms with Crippen LogP contribution in [0.5, 0.6) is 5.75 Å². The van der Waals surface area contributed by atoms with Gasteiger partial charge in [-0.2, -0.15) is 13.2 Å². The van der Waals surface area contributed by atoms with E-state index in [0.717, 1.165) is 16.9 Å². The molecular weight excluding hydrogens is 325 g/mol. The van der Waals surface area contributed by atoms with Gasteiger partial charge in [0.1, 0.15) is 5.75 Å². The average Bonchev–Trinajstić information content (AvgIpc) is 2.83. The van der Waals surface area contributed by atoms with E-state index >= 15 is 0 Å². The van der Waals surface area contributed by atoms with E-state index in [4.69, 9.17) is 4.74 Å². The van der Waals surface area contributed by atoms with Crippen molar-refractivity contribution in [3.8, 4) is 5.75 Å². The maximum Gasteiger partial charge on any atom is 0.419 e. The number of amides is 2. The minimum Gasteiger partial charge on any atom is -0.493 e. The van der Waals surface area contributed by atoms with Crippen LogP contribution in [0.25, 0.3) is 0 Å². The van der Waals surface area contributed by atoms with Gasteiger partial charge in [-0.05, 0) is 18.9 Å². The smallest absolute Gasteiger partial charge is 0.419 e. The van der Waals surface area contributed by atoms with Crippen LogP contribution in [0.2, 0.25) is 0 Å². The molecule has 8 heteroatoms. The van der Waals surface area contributed by atoms with Gasteiger partial charge in [-0.25, -0.2) is 4.79 Å². The third kappa shape index (κ3) is 3.15. The summed E-state index contributed by atoms with van der Waals surface area (Å²) in [5.74, 6) is 0.675. The van der Waals surface area contributed by atoms with Gasteiger partial charge in [0, 0.05) is 18.5 Å². The molecule has 24 heavy (non-hydrogen) atoms. The van der Waals surface area contributed by atoms with Crippen molar-refractivity contribution in [1.82, 2.24) is 10.2 Å². The SMILES string of the molecule is O=C(N[C@@H]1CCCOc2ccccc21)N1CC[C@](O)(C(F)(F)F)C1. The Labute approximate surface area is 137 Å². The van der Waals surface area contributed by atoms with Crippen molar-refractivity contribution < 1.29 is 27.8 Å². The van der Waals surface area contributed by atoms with Gasteiger partial charge in [0.15, 0.2) is 5.60 Å². The fourth-order valence-corrected chi connectivity index (χ4v) is 3.11. The quantitative estimate of drug-likeness (QED) is 0.823. The van der Waals surface area contributed by atoms with Gasteiger partial charge >= 0.3 is 12.2 Å². The van der Waals surface area contributed by atoms with Gasteiger partial charge in [-0.1, -0.05) is 18.2 Å². The summed E-state index contributed by atoms with van der Waals surface area (Å²) in [6.45, 7) is -0.346. The van der Waals surface area contributed by atoms with Crippen molar-refractivity contribution in [2.75, 3.05) is 19.7 Å². The molecule has 2 N–H and O–H groups in total. The Kier molecular flexibility index (Phi) is 4.33. The summed E-state index contributed by atoms with van der Waals surface area (Å²) in [6.07, 6.45) is -3.88. The fourth-order valence-electron chi connectivity index (χ4n) is 3.11. The first-order valence-corrected chi connectivity index (χ1v) is 7.86. The molecule has 0 bridgehead atoms. The maximum absolute atomic E-state index is 12.9. The fraction of sp³-hybridized carbons (Fsp3) is 0.562. The highest BCUT2D eigenvalue weighted by Gasteiger charge is 2.57. The highest BCUT2D eigenvalue weighted by Crippen LogP contribution is 2.38. The number of para-hydroxylation sites is 1. The van der Waals surface area contributed by atoms with E-state index in [-0.39, 0.29) is 12.6 Å². The Bertz CT molecular complexity index is 623. The molecule has 132 valence electrons. The summed E-state index contributed by atoms with van der Waals surface area (Å²) in [5.41, 5.74) is -2.01. The van der Waals surface area contributed by atoms with Crippen LogP contribution >= 0.6 is 0 Å². The number of carbonyl (C=O) groups excluding carboxylic acids is 1. The topological polar surface area (TPSA) is 61.8 Å². The van der Waals surface area contributed by atoms with Gasteiger partial charge in [-0.15, -0.1) is 0 Å². The molecule has 2 aliphatic heterocycles. The van der Waals surface area contributed by atoms with Crippen LogP contribution in [0, 0.1) is 0 Å². The van der Waals surface area contributed by atoms with Crippen molar-refractivity contribution in [2.24, 2.45) is 0 Å². The third-order valence-electron chi connectivity index (χ3n) is 4.55. The number of alkyl halides is 3. The van der Waals surface area contributed by atoms with Gasteiger partial charge in [0.2, 0.25) is 0 Å². The zero-order valence-corrected chi connectivity index (χ0v) is 13.0. The Hall–Kier alpha value is -1.96. The summed E-state index contributed by atoms with van der Waals surface area (Å²) in [7, 11) is 0. The minimum absolute atomic E-state index is 0.132. The molecule has 1 aromatic rings. The standard InChI is InChI=1S/C16H19F3N2O3/c17-16(18,19)15(23)7-8-21(10-15)14(22)20-12-5-3-9-24-13-6-2-1-4-11(12)13/h1-2,4,6,12,23H,3,5,7-10H2,(H,20,22)/t12-,15-/m1/s1. The molecule has 2 amide bonds. The molecular formula is C16H19F3N2O3. The third-order valence-corrected chi connectivity index (χ3v) is 4.55. The number of benzene rings is 1. The molecule has 1 fully saturated rings. The zero-order valence-electron chi connectivity index (χ0n) is 13.0. The molecule has 2 atom stereocenters. The second-order valence-electron chi connectivity index (χ2n) is 6.23. The van der Waals surface area contributed by atoms with Crippen LogP contribution < -0.4 is 10.1 Å². The number of carbonyl (C=O) groups is 1. The number of halogens is 3. The molecule has 0 radical (unpaired) electrons. The number of urea groups is 1. The van der Waals surface area contributed by atoms with Crippen molar-refractivity contribution in [2.45, 2.75) is 37.1 Å². The van der Waals surface area contributed by atoms with Crippen LogP contribution in [-0.4, -0.2) is 47.5 Å². The predicted molar refractivity (Wildman–Crippen MR) is 79.6 cm³/mol. The first kappa shape index (κ1) is 16.9. The number of hydrogen-bond acceptors (Lipinski definition) is 3. The zero-order chi connectivity index (χ0) is 17.4. The average molecular weight is 344 g/mol. The molecule has 0 saturated carbocycles. The highest BCUT2D eigenvalue weighted by molar-refractivity contribution is 5.75. The van der Waals surface area contributed by atoms with E-state index in [1.54, 1.807) is 6.07 Å². The number of aliphatic hydroxyl groups is 1. The lowest BCUT2D eigenvalue weighted by molar-refractivity contribution is -0.253. The predicted octanol–water partition coefficient (Wildman–Crippen LogP) is 2.61. The van der Waals surface area contributed by atoms with Crippen molar-refractivity contribution >= 4 is 6.03 Å². The number of likely N-dealkylation sites (tertiary alicyclic amines) is 1. The number of nitrogens with one attached hydrogen (secondary N) is 1. The van der Waals surface area contributed by atoms with E-state index in [0.29, 0.717) is 18.8 Å². The van der Waals surface area contributed by atoms with Gasteiger partial charge in [0.25, 0.3) is 0 Å². The Balaban J connectivity index is 1.70. The lowest BCUT2D eigenvalue weighted by Gasteiger charge is -2.27. The molecule has 3 rings (SSSR count). The molecule has 5 nitrogen and oxygen atoms in total. The molecule has 0 spiro atoms. The molecule has 1 aromatic carbocycles. The summed E-state index contributed by atoms with van der Waals surface area (Å²) in [6, 6.07) is 6.37. The number of nitrogens with zero attached hydrogens (tertiary/aromatic N) is 1. The second-order valence-corrected chi connectivity index (χ2v) is 6.23. The largest absolute Gasteiger partial charge is 0.493 e. The van der Waals surface area contributed by atoms with Crippen LogP contribution in [0.4, 0.5) is 18.0 Å². The van der Waals surface area contributed by atoms with Gasteiger partial charge in [-0.3, -0.25) is 0 Å². The normalized spacial score (nSPS) is 27.2. The van der Waals surface area contributed by atoms with E-state index in [9.17, 15) is 23.1 Å². The number of β-amino-alcohol motifs (C(OH)–C–C–N with tert-alkyl or cyclic N) is 1. The monoisotopic (exact) mass is 344 g/mol. The van der Waals surface area contributed by atoms with E-state index in [2.05, 4.69) is 5.32 Å². The lowest BCUT2D eigenvalue weighted by atomic mass is 10.0. The van der Waals surface area contributed by atoms with Crippen molar-refractivity contribution in [3.05, 3.63) is 29.8 Å². The van der Waals surface area contributed by atoms with Crippen LogP contribution in [-0.2, 0) is 0 Å². The Morgan fingerprint density at radius 2 is 2.12 bits per heavy atom. The Morgan fingerprint density at radius 3 is 2.83 bits per heavy atom. The molecule has 0 unspecified atom stereocenters. The van der Waals surface area contributed by atoms with E-state index < -0.39 is 30.8 Å². The minimum atomic E-state index is -4.75. The van der Waals surface area contributed by atoms with Crippen molar-refractivity contribution in [1.29, 1.82) is 0 Å². The van der Waals surface area contributed by atoms with E-state index in [1.165, 1.54) is 0 Å². The van der Waals surface area contributed by atoms with Gasteiger partial charge in [0.05, 0.1) is 19.2 Å². The van der Waals surface area contributed by atoms with Crippen LogP contribution in [0.1, 0.15) is 30.9 Å². The molecule has 0 aliphatic carbocycles. The van der Waals surface area contributed by atoms with Crippen LogP contribution in [0.15, 0.2) is 24.3 Å². The van der Waals surface area contributed by atoms with E-state index in [1.807, 2.05) is 18.2 Å². The lowest BCUT2D eigenvalue weighted by Crippen LogP contribution is -2.49. The maximum atomic E-state index is 12.9. The summed E-state index contributed by atoms with van der Waals surface area (Å²) in [4.78, 5) is 13.4. The molecule has 2 heterocycles. The summed E-state index contributed by atoms with van der Waals surface area (Å²) < 4.78 is 44.2. The van der Waals surface area contributed by atoms with Crippen molar-refractivity contribution in [3.63, 3.8) is 0 Å². The highest BCUT2D eigenvalue weighted by atomic mass is 19.4. The Morgan fingerprint density at radius 1 is 1.38 bits per heavy atom. The first-order valence-electron chi connectivity index (χ1n) is 7.86. The first-order chi connectivity index (χ1) is 11.3. The van der Waals surface area contributed by atoms with Gasteiger partial charge < -0.3 is 20.1 Å².